The highest BCUT2D eigenvalue weighted by molar-refractivity contribution is 6.30. The number of halogens is 1. The zero-order valence-corrected chi connectivity index (χ0v) is 13.0. The number of aromatic nitrogens is 2. The maximum Gasteiger partial charge on any atom is 0.259 e. The number of methoxy groups -OCH3 is 1. The summed E-state index contributed by atoms with van der Waals surface area (Å²) in [5.41, 5.74) is 1.07. The molecule has 3 N–H and O–H groups in total. The van der Waals surface area contributed by atoms with E-state index in [1.54, 1.807) is 36.5 Å². The molecule has 0 aliphatic carbocycles. The molecule has 1 aromatic carbocycles. The highest BCUT2D eigenvalue weighted by Gasteiger charge is 2.12. The summed E-state index contributed by atoms with van der Waals surface area (Å²) >= 11 is 6.04. The molecule has 0 fully saturated rings. The molecule has 0 saturated carbocycles. The van der Waals surface area contributed by atoms with Crippen molar-refractivity contribution in [3.63, 3.8) is 0 Å². The Bertz CT molecular complexity index is 924. The van der Waals surface area contributed by atoms with Crippen molar-refractivity contribution in [1.29, 1.82) is 0 Å². The van der Waals surface area contributed by atoms with Gasteiger partial charge in [-0.05, 0) is 35.2 Å². The van der Waals surface area contributed by atoms with Crippen LogP contribution < -0.4 is 15.6 Å². The van der Waals surface area contributed by atoms with E-state index in [9.17, 15) is 9.90 Å². The van der Waals surface area contributed by atoms with E-state index in [2.05, 4.69) is 15.3 Å². The standard InChI is InChI=1S/C16H14ClN3O3/c1-23-12-6-9(8-21)2-3-11(12)19-15-14-10(7-13(17)20-15)4-5-18-16(14)22/h2-7,21H,8H2,1H3,(H,18,22)(H,19,20). The SMILES string of the molecule is COc1cc(CO)ccc1Nc1nc(Cl)cc2cc[nH]c(=O)c12. The number of nitrogens with one attached hydrogen (secondary N) is 2. The van der Waals surface area contributed by atoms with Crippen LogP contribution in [0.25, 0.3) is 10.8 Å². The van der Waals surface area contributed by atoms with Gasteiger partial charge in [-0.3, -0.25) is 4.79 Å². The Morgan fingerprint density at radius 2 is 2.17 bits per heavy atom. The number of pyridine rings is 2. The summed E-state index contributed by atoms with van der Waals surface area (Å²) in [6.07, 6.45) is 1.56. The Hall–Kier alpha value is -2.57. The minimum absolute atomic E-state index is 0.0886. The molecule has 0 unspecified atom stereocenters. The average molecular weight is 332 g/mol. The highest BCUT2D eigenvalue weighted by atomic mass is 35.5. The van der Waals surface area contributed by atoms with Gasteiger partial charge in [-0.15, -0.1) is 0 Å². The Balaban J connectivity index is 2.14. The van der Waals surface area contributed by atoms with Crippen molar-refractivity contribution in [2.24, 2.45) is 0 Å². The van der Waals surface area contributed by atoms with Gasteiger partial charge in [-0.2, -0.15) is 0 Å². The molecule has 0 spiro atoms. The third kappa shape index (κ3) is 2.99. The predicted molar refractivity (Wildman–Crippen MR) is 89.6 cm³/mol. The molecular weight excluding hydrogens is 318 g/mol. The monoisotopic (exact) mass is 331 g/mol. The zero-order valence-electron chi connectivity index (χ0n) is 12.3. The second kappa shape index (κ2) is 6.28. The molecule has 3 rings (SSSR count). The van der Waals surface area contributed by atoms with Gasteiger partial charge in [0.15, 0.2) is 0 Å². The van der Waals surface area contributed by atoms with Gasteiger partial charge in [0, 0.05) is 6.20 Å². The number of anilines is 2. The van der Waals surface area contributed by atoms with Crippen molar-refractivity contribution in [3.8, 4) is 5.75 Å². The average Bonchev–Trinajstić information content (AvgIpc) is 2.54. The van der Waals surface area contributed by atoms with Crippen LogP contribution in [0.1, 0.15) is 5.56 Å². The van der Waals surface area contributed by atoms with Gasteiger partial charge in [-0.25, -0.2) is 4.98 Å². The van der Waals surface area contributed by atoms with E-state index in [4.69, 9.17) is 16.3 Å². The van der Waals surface area contributed by atoms with E-state index in [1.807, 2.05) is 0 Å². The number of aliphatic hydroxyl groups is 1. The Morgan fingerprint density at radius 3 is 2.91 bits per heavy atom. The van der Waals surface area contributed by atoms with Crippen LogP contribution >= 0.6 is 11.6 Å². The van der Waals surface area contributed by atoms with Gasteiger partial charge in [0.25, 0.3) is 5.56 Å². The van der Waals surface area contributed by atoms with Gasteiger partial charge in [0.2, 0.25) is 0 Å². The molecule has 0 atom stereocenters. The topological polar surface area (TPSA) is 87.2 Å². The van der Waals surface area contributed by atoms with Crippen molar-refractivity contribution >= 4 is 33.9 Å². The molecule has 2 heterocycles. The van der Waals surface area contributed by atoms with Crippen LogP contribution in [0.15, 0.2) is 41.3 Å². The Kier molecular flexibility index (Phi) is 4.18. The molecule has 2 aromatic heterocycles. The number of hydrogen-bond acceptors (Lipinski definition) is 5. The summed E-state index contributed by atoms with van der Waals surface area (Å²) in [5.74, 6) is 0.864. The van der Waals surface area contributed by atoms with Gasteiger partial charge in [-0.1, -0.05) is 17.7 Å². The number of hydrogen-bond donors (Lipinski definition) is 3. The number of aromatic amines is 1. The fourth-order valence-corrected chi connectivity index (χ4v) is 2.54. The summed E-state index contributed by atoms with van der Waals surface area (Å²) in [6, 6.07) is 8.59. The first-order valence-electron chi connectivity index (χ1n) is 6.85. The molecule has 0 aliphatic rings. The maximum absolute atomic E-state index is 12.1. The molecule has 0 aliphatic heterocycles. The first-order chi connectivity index (χ1) is 11.1. The van der Waals surface area contributed by atoms with Gasteiger partial charge in [0.05, 0.1) is 24.8 Å². The summed E-state index contributed by atoms with van der Waals surface area (Å²) < 4.78 is 5.31. The lowest BCUT2D eigenvalue weighted by molar-refractivity contribution is 0.281. The minimum atomic E-state index is -0.264. The van der Waals surface area contributed by atoms with Gasteiger partial charge >= 0.3 is 0 Å². The molecule has 118 valence electrons. The largest absolute Gasteiger partial charge is 0.495 e. The smallest absolute Gasteiger partial charge is 0.259 e. The van der Waals surface area contributed by atoms with Crippen molar-refractivity contribution in [1.82, 2.24) is 9.97 Å². The lowest BCUT2D eigenvalue weighted by Crippen LogP contribution is -2.09. The maximum atomic E-state index is 12.1. The number of nitrogens with zero attached hydrogens (tertiary/aromatic N) is 1. The normalized spacial score (nSPS) is 10.7. The first kappa shape index (κ1) is 15.3. The van der Waals surface area contributed by atoms with Crippen molar-refractivity contribution < 1.29 is 9.84 Å². The number of ether oxygens (including phenoxy) is 1. The first-order valence-corrected chi connectivity index (χ1v) is 7.23. The minimum Gasteiger partial charge on any atom is -0.495 e. The second-order valence-electron chi connectivity index (χ2n) is 4.88. The highest BCUT2D eigenvalue weighted by Crippen LogP contribution is 2.31. The quantitative estimate of drug-likeness (QED) is 0.640. The van der Waals surface area contributed by atoms with E-state index in [0.717, 1.165) is 0 Å². The van der Waals surface area contributed by atoms with Gasteiger partial charge in [0.1, 0.15) is 16.7 Å². The number of rotatable bonds is 4. The van der Waals surface area contributed by atoms with E-state index in [1.165, 1.54) is 7.11 Å². The molecular formula is C16H14ClN3O3. The summed E-state index contributed by atoms with van der Waals surface area (Å²) in [4.78, 5) is 18.9. The van der Waals surface area contributed by atoms with Crippen molar-refractivity contribution in [2.75, 3.05) is 12.4 Å². The van der Waals surface area contributed by atoms with E-state index >= 15 is 0 Å². The number of aliphatic hydroxyl groups excluding tert-OH is 1. The van der Waals surface area contributed by atoms with Crippen molar-refractivity contribution in [2.45, 2.75) is 6.61 Å². The lowest BCUT2D eigenvalue weighted by atomic mass is 10.1. The van der Waals surface area contributed by atoms with Crippen LogP contribution in [0.2, 0.25) is 5.15 Å². The van der Waals surface area contributed by atoms with Crippen LogP contribution in [-0.2, 0) is 6.61 Å². The van der Waals surface area contributed by atoms with Crippen LogP contribution in [0, 0.1) is 0 Å². The van der Waals surface area contributed by atoms with E-state index < -0.39 is 0 Å². The Labute approximate surface area is 136 Å². The van der Waals surface area contributed by atoms with Crippen LogP contribution in [0.4, 0.5) is 11.5 Å². The molecule has 0 bridgehead atoms. The number of fused-ring (bicyclic) bond motifs is 1. The van der Waals surface area contributed by atoms with Crippen LogP contribution in [0.3, 0.4) is 0 Å². The number of H-pyrrole nitrogens is 1. The molecule has 7 heteroatoms. The molecule has 23 heavy (non-hydrogen) atoms. The fraction of sp³-hybridized carbons (Fsp3) is 0.125. The zero-order chi connectivity index (χ0) is 16.4. The Morgan fingerprint density at radius 1 is 1.35 bits per heavy atom. The summed E-state index contributed by atoms with van der Waals surface area (Å²) in [7, 11) is 1.53. The predicted octanol–water partition coefficient (Wildman–Crippen LogP) is 2.82. The van der Waals surface area contributed by atoms with E-state index in [-0.39, 0.29) is 17.3 Å². The molecule has 0 saturated heterocycles. The third-order valence-corrected chi connectivity index (χ3v) is 3.62. The molecule has 0 radical (unpaired) electrons. The van der Waals surface area contributed by atoms with Crippen molar-refractivity contribution in [3.05, 3.63) is 57.6 Å². The van der Waals surface area contributed by atoms with E-state index in [0.29, 0.717) is 33.6 Å². The number of benzene rings is 1. The summed E-state index contributed by atoms with van der Waals surface area (Å²) in [5, 5.41) is 13.6. The molecule has 3 aromatic rings. The van der Waals surface area contributed by atoms with Crippen LogP contribution in [0.5, 0.6) is 5.75 Å². The molecule has 6 nitrogen and oxygen atoms in total. The third-order valence-electron chi connectivity index (χ3n) is 3.42. The lowest BCUT2D eigenvalue weighted by Gasteiger charge is -2.13. The fourth-order valence-electron chi connectivity index (χ4n) is 2.34. The van der Waals surface area contributed by atoms with Gasteiger partial charge < -0.3 is 20.1 Å². The second-order valence-corrected chi connectivity index (χ2v) is 5.27. The van der Waals surface area contributed by atoms with Crippen LogP contribution in [-0.4, -0.2) is 22.2 Å². The summed E-state index contributed by atoms with van der Waals surface area (Å²) in [6.45, 7) is -0.0886. The molecule has 0 amide bonds.